The maximum atomic E-state index is 11.1. The average molecular weight is 250 g/mol. The number of hydrogen-bond acceptors (Lipinski definition) is 2. The highest BCUT2D eigenvalue weighted by molar-refractivity contribution is 5.66. The van der Waals surface area contributed by atoms with E-state index >= 15 is 0 Å². The molecule has 0 spiro atoms. The molecule has 0 aliphatic heterocycles. The zero-order valence-electron chi connectivity index (χ0n) is 12.2. The summed E-state index contributed by atoms with van der Waals surface area (Å²) in [7, 11) is 0. The van der Waals surface area contributed by atoms with Crippen molar-refractivity contribution in [3.63, 3.8) is 0 Å². The summed E-state index contributed by atoms with van der Waals surface area (Å²) >= 11 is 0. The maximum absolute atomic E-state index is 11.1. The second kappa shape index (κ2) is 3.74. The molecule has 3 rings (SSSR count). The van der Waals surface area contributed by atoms with Crippen LogP contribution in [0.25, 0.3) is 0 Å². The van der Waals surface area contributed by atoms with Crippen molar-refractivity contribution in [3.05, 3.63) is 0 Å². The van der Waals surface area contributed by atoms with Crippen LogP contribution in [0.3, 0.4) is 0 Å². The summed E-state index contributed by atoms with van der Waals surface area (Å²) in [6, 6.07) is 0. The normalized spacial score (nSPS) is 48.9. The van der Waals surface area contributed by atoms with Crippen molar-refractivity contribution in [3.8, 4) is 0 Å². The Morgan fingerprint density at radius 2 is 1.89 bits per heavy atom. The molecule has 0 radical (unpaired) electrons. The molecule has 0 saturated heterocycles. The Bertz CT molecular complexity index is 373. The van der Waals surface area contributed by atoms with E-state index in [1.807, 2.05) is 0 Å². The molecule has 102 valence electrons. The van der Waals surface area contributed by atoms with Gasteiger partial charge in [-0.1, -0.05) is 20.8 Å². The van der Waals surface area contributed by atoms with Crippen molar-refractivity contribution in [2.24, 2.45) is 28.6 Å². The largest absolute Gasteiger partial charge is 0.463 e. The molecule has 3 aliphatic rings. The predicted octanol–water partition coefficient (Wildman–Crippen LogP) is 3.79. The monoisotopic (exact) mass is 250 g/mol. The fraction of sp³-hybridized carbons (Fsp3) is 0.938. The summed E-state index contributed by atoms with van der Waals surface area (Å²) in [5.74, 6) is 2.57. The lowest BCUT2D eigenvalue weighted by molar-refractivity contribution is -0.151. The molecule has 3 aliphatic carbocycles. The molecule has 3 fully saturated rings. The second-order valence-electron chi connectivity index (χ2n) is 7.83. The lowest BCUT2D eigenvalue weighted by atomic mass is 9.60. The van der Waals surface area contributed by atoms with Gasteiger partial charge in [-0.15, -0.1) is 0 Å². The lowest BCUT2D eigenvalue weighted by Gasteiger charge is -2.47. The molecule has 0 aromatic rings. The Kier molecular flexibility index (Phi) is 2.60. The van der Waals surface area contributed by atoms with Crippen LogP contribution in [0.1, 0.15) is 59.8 Å². The summed E-state index contributed by atoms with van der Waals surface area (Å²) in [6.07, 6.45) is 6.39. The second-order valence-corrected chi connectivity index (χ2v) is 7.83. The minimum atomic E-state index is -0.107. The van der Waals surface area contributed by atoms with Crippen LogP contribution in [0.2, 0.25) is 0 Å². The van der Waals surface area contributed by atoms with E-state index in [0.29, 0.717) is 10.8 Å². The van der Waals surface area contributed by atoms with Crippen LogP contribution >= 0.6 is 0 Å². The van der Waals surface area contributed by atoms with E-state index in [1.54, 1.807) is 0 Å². The summed E-state index contributed by atoms with van der Waals surface area (Å²) in [5.41, 5.74) is 1.10. The molecule has 0 N–H and O–H groups in total. The lowest BCUT2D eigenvalue weighted by Crippen LogP contribution is -2.40. The van der Waals surface area contributed by atoms with Gasteiger partial charge in [-0.3, -0.25) is 4.79 Å². The van der Waals surface area contributed by atoms with Crippen LogP contribution in [0, 0.1) is 28.6 Å². The smallest absolute Gasteiger partial charge is 0.302 e. The van der Waals surface area contributed by atoms with Crippen LogP contribution in [0.5, 0.6) is 0 Å². The van der Waals surface area contributed by atoms with Crippen LogP contribution in [-0.2, 0) is 9.53 Å². The van der Waals surface area contributed by atoms with Crippen LogP contribution in [0.4, 0.5) is 0 Å². The van der Waals surface area contributed by atoms with Crippen LogP contribution < -0.4 is 0 Å². The van der Waals surface area contributed by atoms with Crippen molar-refractivity contribution in [2.45, 2.75) is 65.9 Å². The highest BCUT2D eigenvalue weighted by Crippen LogP contribution is 2.71. The number of rotatable bonds is 1. The average Bonchev–Trinajstić information content (AvgIpc) is 2.76. The molecule has 0 heterocycles. The van der Waals surface area contributed by atoms with E-state index in [9.17, 15) is 4.79 Å². The Hall–Kier alpha value is -0.530. The van der Waals surface area contributed by atoms with Gasteiger partial charge in [-0.2, -0.15) is 0 Å². The van der Waals surface area contributed by atoms with E-state index in [-0.39, 0.29) is 12.1 Å². The summed E-state index contributed by atoms with van der Waals surface area (Å²) in [4.78, 5) is 11.1. The highest BCUT2D eigenvalue weighted by atomic mass is 16.5. The van der Waals surface area contributed by atoms with E-state index in [0.717, 1.165) is 30.6 Å². The number of hydrogen-bond donors (Lipinski definition) is 0. The molecule has 2 heteroatoms. The van der Waals surface area contributed by atoms with Gasteiger partial charge in [0.1, 0.15) is 6.10 Å². The third-order valence-electron chi connectivity index (χ3n) is 6.42. The summed E-state index contributed by atoms with van der Waals surface area (Å²) in [6.45, 7) is 8.89. The molecule has 0 unspecified atom stereocenters. The molecule has 2 nitrogen and oxygen atoms in total. The van der Waals surface area contributed by atoms with Crippen molar-refractivity contribution in [1.29, 1.82) is 0 Å². The van der Waals surface area contributed by atoms with Gasteiger partial charge in [0.05, 0.1) is 0 Å². The van der Waals surface area contributed by atoms with Gasteiger partial charge in [0.25, 0.3) is 0 Å². The fourth-order valence-electron chi connectivity index (χ4n) is 4.95. The number of esters is 1. The van der Waals surface area contributed by atoms with Gasteiger partial charge < -0.3 is 4.74 Å². The van der Waals surface area contributed by atoms with E-state index in [1.165, 1.54) is 26.2 Å². The molecule has 0 aromatic carbocycles. The van der Waals surface area contributed by atoms with Gasteiger partial charge in [-0.25, -0.2) is 0 Å². The number of ether oxygens (including phenoxy) is 1. The van der Waals surface area contributed by atoms with Gasteiger partial charge in [0.15, 0.2) is 0 Å². The predicted molar refractivity (Wildman–Crippen MR) is 71.0 cm³/mol. The topological polar surface area (TPSA) is 26.3 Å². The number of carbonyl (C=O) groups is 1. The Balaban J connectivity index is 1.70. The fourth-order valence-corrected chi connectivity index (χ4v) is 4.95. The molecule has 5 atom stereocenters. The number of carbonyl (C=O) groups excluding carboxylic acids is 1. The molecular weight excluding hydrogens is 224 g/mol. The summed E-state index contributed by atoms with van der Waals surface area (Å²) in [5, 5.41) is 0. The molecular formula is C16H26O2. The SMILES string of the molecule is CC(=O)O[C@H]1CC[C@@]2(C)C[C@H]3[C@@H](C[C@H]2C1)C3(C)C. The first-order valence-electron chi connectivity index (χ1n) is 7.50. The van der Waals surface area contributed by atoms with Gasteiger partial charge in [-0.05, 0) is 60.7 Å². The van der Waals surface area contributed by atoms with E-state index in [4.69, 9.17) is 4.74 Å². The zero-order valence-corrected chi connectivity index (χ0v) is 12.2. The first-order valence-corrected chi connectivity index (χ1v) is 7.50. The molecule has 3 saturated carbocycles. The Labute approximate surface area is 110 Å². The standard InChI is InChI=1S/C16H26O2/c1-10(17)18-12-5-6-16(4)9-14-13(15(14,2)3)8-11(16)7-12/h11-14H,5-9H2,1-4H3/t11-,12+,13-,14+,16+/m1/s1. The number of fused-ring (bicyclic) bond motifs is 2. The van der Waals surface area contributed by atoms with Gasteiger partial charge >= 0.3 is 5.97 Å². The van der Waals surface area contributed by atoms with Crippen molar-refractivity contribution < 1.29 is 9.53 Å². The van der Waals surface area contributed by atoms with Crippen LogP contribution in [-0.4, -0.2) is 12.1 Å². The van der Waals surface area contributed by atoms with E-state index < -0.39 is 0 Å². The van der Waals surface area contributed by atoms with Crippen molar-refractivity contribution >= 4 is 5.97 Å². The molecule has 0 aromatic heterocycles. The third kappa shape index (κ3) is 1.80. The third-order valence-corrected chi connectivity index (χ3v) is 6.42. The maximum Gasteiger partial charge on any atom is 0.302 e. The molecule has 0 amide bonds. The highest BCUT2D eigenvalue weighted by Gasteiger charge is 2.64. The molecule has 0 bridgehead atoms. The van der Waals surface area contributed by atoms with Gasteiger partial charge in [0, 0.05) is 6.92 Å². The first-order chi connectivity index (χ1) is 8.33. The van der Waals surface area contributed by atoms with E-state index in [2.05, 4.69) is 20.8 Å². The Morgan fingerprint density at radius 1 is 1.17 bits per heavy atom. The quantitative estimate of drug-likeness (QED) is 0.662. The minimum absolute atomic E-state index is 0.107. The van der Waals surface area contributed by atoms with Gasteiger partial charge in [0.2, 0.25) is 0 Å². The molecule has 18 heavy (non-hydrogen) atoms. The Morgan fingerprint density at radius 3 is 2.56 bits per heavy atom. The zero-order chi connectivity index (χ0) is 13.1. The van der Waals surface area contributed by atoms with Crippen LogP contribution in [0.15, 0.2) is 0 Å². The van der Waals surface area contributed by atoms with Crippen molar-refractivity contribution in [1.82, 2.24) is 0 Å². The minimum Gasteiger partial charge on any atom is -0.463 e. The first kappa shape index (κ1) is 12.5. The van der Waals surface area contributed by atoms with Crippen molar-refractivity contribution in [2.75, 3.05) is 0 Å². The summed E-state index contributed by atoms with van der Waals surface area (Å²) < 4.78 is 5.45.